The third kappa shape index (κ3) is 3.62. The number of nitro groups is 1. The number of nitrogens with zero attached hydrogens (tertiary/aromatic N) is 1. The minimum absolute atomic E-state index is 0.0216. The van der Waals surface area contributed by atoms with E-state index >= 15 is 0 Å². The van der Waals surface area contributed by atoms with E-state index < -0.39 is 4.92 Å². The van der Waals surface area contributed by atoms with Gasteiger partial charge in [-0.3, -0.25) is 14.9 Å². The largest absolute Gasteiger partial charge is 0.377 e. The summed E-state index contributed by atoms with van der Waals surface area (Å²) in [5, 5.41) is 13.5. The highest BCUT2D eigenvalue weighted by Gasteiger charge is 2.09. The monoisotopic (exact) mass is 288 g/mol. The molecule has 6 heteroatoms. The average molecular weight is 288 g/mol. The van der Waals surface area contributed by atoms with Crippen molar-refractivity contribution in [3.63, 3.8) is 0 Å². The van der Waals surface area contributed by atoms with E-state index in [1.807, 2.05) is 0 Å². The minimum atomic E-state index is -0.504. The maximum Gasteiger partial charge on any atom is 0.271 e. The minimum Gasteiger partial charge on any atom is -0.377 e. The first-order valence-corrected chi connectivity index (χ1v) is 6.25. The van der Waals surface area contributed by atoms with Gasteiger partial charge in [-0.15, -0.1) is 0 Å². The zero-order valence-corrected chi connectivity index (χ0v) is 11.3. The van der Waals surface area contributed by atoms with Gasteiger partial charge in [0.05, 0.1) is 11.5 Å². The van der Waals surface area contributed by atoms with Crippen molar-refractivity contribution in [1.82, 2.24) is 0 Å². The molecule has 0 fully saturated rings. The molecule has 0 unspecified atom stereocenters. The van der Waals surface area contributed by atoms with E-state index in [4.69, 9.17) is 0 Å². The Morgan fingerprint density at radius 3 is 2.71 bits per heavy atom. The number of aryl methyl sites for hydroxylation is 1. The molecule has 0 heterocycles. The number of nitrogens with one attached hydrogen (secondary N) is 1. The van der Waals surface area contributed by atoms with E-state index in [-0.39, 0.29) is 23.8 Å². The molecule has 0 aliphatic rings. The molecule has 1 N–H and O–H groups in total. The van der Waals surface area contributed by atoms with Gasteiger partial charge in [0, 0.05) is 23.4 Å². The Kier molecular flexibility index (Phi) is 4.27. The summed E-state index contributed by atoms with van der Waals surface area (Å²) in [7, 11) is 0. The fourth-order valence-corrected chi connectivity index (χ4v) is 1.83. The fourth-order valence-electron chi connectivity index (χ4n) is 1.83. The van der Waals surface area contributed by atoms with Crippen molar-refractivity contribution in [2.75, 3.05) is 11.9 Å². The Morgan fingerprint density at radius 1 is 1.29 bits per heavy atom. The normalized spacial score (nSPS) is 10.2. The number of carbonyl (C=O) groups excluding carboxylic acids is 1. The van der Waals surface area contributed by atoms with Crippen LogP contribution in [0.15, 0.2) is 42.5 Å². The molecule has 0 atom stereocenters. The Balaban J connectivity index is 2.05. The number of nitro benzene ring substituents is 1. The van der Waals surface area contributed by atoms with Gasteiger partial charge in [-0.05, 0) is 36.8 Å². The highest BCUT2D eigenvalue weighted by molar-refractivity contribution is 5.99. The lowest BCUT2D eigenvalue weighted by molar-refractivity contribution is -0.384. The number of halogens is 1. The molecule has 0 aliphatic heterocycles. The number of rotatable bonds is 5. The molecule has 0 aromatic heterocycles. The molecule has 21 heavy (non-hydrogen) atoms. The van der Waals surface area contributed by atoms with Crippen molar-refractivity contribution in [3.8, 4) is 0 Å². The van der Waals surface area contributed by atoms with Gasteiger partial charge in [0.25, 0.3) is 5.69 Å². The van der Waals surface area contributed by atoms with Crippen molar-refractivity contribution >= 4 is 17.2 Å². The molecule has 0 spiro atoms. The van der Waals surface area contributed by atoms with Gasteiger partial charge < -0.3 is 5.32 Å². The maximum atomic E-state index is 13.1. The molecule has 2 rings (SSSR count). The van der Waals surface area contributed by atoms with E-state index in [9.17, 15) is 19.3 Å². The van der Waals surface area contributed by atoms with Crippen LogP contribution in [-0.4, -0.2) is 17.3 Å². The standard InChI is InChI=1S/C15H13FN2O3/c1-10-7-11(5-6-14(10)16)15(19)9-17-12-3-2-4-13(8-12)18(20)21/h2-8,17H,9H2,1H3. The quantitative estimate of drug-likeness (QED) is 0.520. The zero-order chi connectivity index (χ0) is 15.4. The molecule has 0 aliphatic carbocycles. The summed E-state index contributed by atoms with van der Waals surface area (Å²) in [6, 6.07) is 10.0. The fraction of sp³-hybridized carbons (Fsp3) is 0.133. The number of non-ortho nitro benzene ring substituents is 1. The van der Waals surface area contributed by atoms with Crippen LogP contribution in [-0.2, 0) is 0 Å². The smallest absolute Gasteiger partial charge is 0.271 e. The molecule has 0 bridgehead atoms. The van der Waals surface area contributed by atoms with Crippen molar-refractivity contribution in [2.45, 2.75) is 6.92 Å². The van der Waals surface area contributed by atoms with Gasteiger partial charge >= 0.3 is 0 Å². The lowest BCUT2D eigenvalue weighted by Crippen LogP contribution is -2.14. The number of carbonyl (C=O) groups is 1. The van der Waals surface area contributed by atoms with Gasteiger partial charge in [-0.1, -0.05) is 6.07 Å². The number of anilines is 1. The van der Waals surface area contributed by atoms with Crippen LogP contribution in [0.25, 0.3) is 0 Å². The van der Waals surface area contributed by atoms with Crippen LogP contribution < -0.4 is 5.32 Å². The van der Waals surface area contributed by atoms with Gasteiger partial charge in [0.2, 0.25) is 0 Å². The third-order valence-corrected chi connectivity index (χ3v) is 2.99. The first-order chi connectivity index (χ1) is 9.97. The Morgan fingerprint density at radius 2 is 2.05 bits per heavy atom. The van der Waals surface area contributed by atoms with Crippen LogP contribution in [0.1, 0.15) is 15.9 Å². The highest BCUT2D eigenvalue weighted by Crippen LogP contribution is 2.17. The van der Waals surface area contributed by atoms with Crippen LogP contribution in [0.4, 0.5) is 15.8 Å². The lowest BCUT2D eigenvalue weighted by atomic mass is 10.1. The summed E-state index contributed by atoms with van der Waals surface area (Å²) in [5.74, 6) is -0.581. The zero-order valence-electron chi connectivity index (χ0n) is 11.3. The maximum absolute atomic E-state index is 13.1. The summed E-state index contributed by atoms with van der Waals surface area (Å²) >= 11 is 0. The Bertz CT molecular complexity index is 701. The summed E-state index contributed by atoms with van der Waals surface area (Å²) in [6.07, 6.45) is 0. The summed E-state index contributed by atoms with van der Waals surface area (Å²) < 4.78 is 13.1. The van der Waals surface area contributed by atoms with Gasteiger partial charge in [-0.25, -0.2) is 4.39 Å². The first-order valence-electron chi connectivity index (χ1n) is 6.25. The first kappa shape index (κ1) is 14.6. The number of Topliss-reactive ketones (excluding diaryl/α,β-unsaturated/α-hetero) is 1. The second-order valence-corrected chi connectivity index (χ2v) is 4.55. The number of hydrogen-bond donors (Lipinski definition) is 1. The van der Waals surface area contributed by atoms with Crippen molar-refractivity contribution in [1.29, 1.82) is 0 Å². The molecule has 5 nitrogen and oxygen atoms in total. The average Bonchev–Trinajstić information content (AvgIpc) is 2.48. The lowest BCUT2D eigenvalue weighted by Gasteiger charge is -2.06. The van der Waals surface area contributed by atoms with Crippen LogP contribution in [0.2, 0.25) is 0 Å². The Labute approximate surface area is 120 Å². The summed E-state index contributed by atoms with van der Waals surface area (Å²) in [6.45, 7) is 1.56. The van der Waals surface area contributed by atoms with Gasteiger partial charge in [0.15, 0.2) is 5.78 Å². The molecular weight excluding hydrogens is 275 g/mol. The van der Waals surface area contributed by atoms with Crippen LogP contribution >= 0.6 is 0 Å². The van der Waals surface area contributed by atoms with E-state index in [1.54, 1.807) is 13.0 Å². The molecule has 0 saturated heterocycles. The number of benzene rings is 2. The van der Waals surface area contributed by atoms with Crippen LogP contribution in [0, 0.1) is 22.9 Å². The molecule has 0 radical (unpaired) electrons. The van der Waals surface area contributed by atoms with Gasteiger partial charge in [0.1, 0.15) is 5.82 Å². The highest BCUT2D eigenvalue weighted by atomic mass is 19.1. The summed E-state index contributed by atoms with van der Waals surface area (Å²) in [5.41, 5.74) is 1.23. The second kappa shape index (κ2) is 6.13. The molecular formula is C15H13FN2O3. The molecule has 0 saturated carbocycles. The summed E-state index contributed by atoms with van der Waals surface area (Å²) in [4.78, 5) is 22.1. The molecule has 2 aromatic rings. The Hall–Kier alpha value is -2.76. The SMILES string of the molecule is Cc1cc(C(=O)CNc2cccc([N+](=O)[O-])c2)ccc1F. The molecule has 108 valence electrons. The van der Waals surface area contributed by atoms with Gasteiger partial charge in [-0.2, -0.15) is 0 Å². The number of ketones is 1. The van der Waals surface area contributed by atoms with E-state index in [2.05, 4.69) is 5.32 Å². The van der Waals surface area contributed by atoms with Crippen molar-refractivity contribution in [3.05, 3.63) is 69.5 Å². The molecule has 2 aromatic carbocycles. The topological polar surface area (TPSA) is 72.2 Å². The van der Waals surface area contributed by atoms with Crippen molar-refractivity contribution < 1.29 is 14.1 Å². The second-order valence-electron chi connectivity index (χ2n) is 4.55. The molecule has 0 amide bonds. The van der Waals surface area contributed by atoms with E-state index in [0.29, 0.717) is 16.8 Å². The van der Waals surface area contributed by atoms with Crippen molar-refractivity contribution in [2.24, 2.45) is 0 Å². The predicted molar refractivity (Wildman–Crippen MR) is 77.1 cm³/mol. The third-order valence-electron chi connectivity index (χ3n) is 2.99. The number of hydrogen-bond acceptors (Lipinski definition) is 4. The predicted octanol–water partition coefficient (Wildman–Crippen LogP) is 3.34. The van der Waals surface area contributed by atoms with Crippen LogP contribution in [0.3, 0.4) is 0 Å². The van der Waals surface area contributed by atoms with E-state index in [0.717, 1.165) is 0 Å². The van der Waals surface area contributed by atoms with Crippen LogP contribution in [0.5, 0.6) is 0 Å². The van der Waals surface area contributed by atoms with E-state index in [1.165, 1.54) is 36.4 Å².